The molecule has 2 saturated heterocycles. The molecule has 5 heterocycles. The minimum Gasteiger partial charge on any atom is -0.393 e. The molecule has 1 aromatic carbocycles. The van der Waals surface area contributed by atoms with Gasteiger partial charge in [-0.1, -0.05) is 84.9 Å². The van der Waals surface area contributed by atoms with Gasteiger partial charge in [-0.05, 0) is 177 Å². The number of nitrogens with one attached hydrogen (secondary N) is 2. The van der Waals surface area contributed by atoms with Crippen molar-refractivity contribution in [3.05, 3.63) is 69.6 Å². The van der Waals surface area contributed by atoms with Gasteiger partial charge in [-0.3, -0.25) is 9.59 Å². The van der Waals surface area contributed by atoms with Crippen molar-refractivity contribution in [3.63, 3.8) is 0 Å². The van der Waals surface area contributed by atoms with E-state index < -0.39 is 73.8 Å². The largest absolute Gasteiger partial charge is 0.393 e. The number of hydrogen-bond donors (Lipinski definition) is 6. The van der Waals surface area contributed by atoms with Gasteiger partial charge in [-0.2, -0.15) is 0 Å². The lowest BCUT2D eigenvalue weighted by atomic mass is 9.26. The number of carbonyl (C=O) groups excluding carboxylic acids is 3. The number of aromatic amines is 1. The zero-order valence-electron chi connectivity index (χ0n) is 49.6. The number of aromatic nitrogens is 2. The molecule has 2 spiro atoms. The van der Waals surface area contributed by atoms with E-state index in [9.17, 15) is 25.2 Å². The van der Waals surface area contributed by atoms with Crippen molar-refractivity contribution >= 4 is 28.9 Å². The Morgan fingerprint density at radius 2 is 1.62 bits per heavy atom. The summed E-state index contributed by atoms with van der Waals surface area (Å²) in [5, 5.41) is 54.6. The van der Waals surface area contributed by atoms with Gasteiger partial charge in [0.15, 0.2) is 5.78 Å². The number of hydrogen-bond acceptors (Lipinski definition) is 10. The fourth-order valence-corrected chi connectivity index (χ4v) is 22.1. The highest BCUT2D eigenvalue weighted by Crippen LogP contribution is 2.84. The van der Waals surface area contributed by atoms with Crippen LogP contribution in [0.1, 0.15) is 217 Å². The normalized spacial score (nSPS) is 40.8. The van der Waals surface area contributed by atoms with E-state index >= 15 is 9.59 Å². The molecule has 14 atom stereocenters. The average Bonchev–Trinajstić information content (AvgIpc) is 1.12. The maximum atomic E-state index is 16.1. The third-order valence-electron chi connectivity index (χ3n) is 25.9. The fourth-order valence-electron chi connectivity index (χ4n) is 22.1. The Hall–Kier alpha value is -3.49. The highest BCUT2D eigenvalue weighted by molar-refractivity contribution is 6.02. The van der Waals surface area contributed by atoms with Crippen LogP contribution in [0.2, 0.25) is 0 Å². The van der Waals surface area contributed by atoms with E-state index in [-0.39, 0.29) is 29.1 Å². The summed E-state index contributed by atoms with van der Waals surface area (Å²) in [7, 11) is 1.98. The van der Waals surface area contributed by atoms with Gasteiger partial charge >= 0.3 is 0 Å². The van der Waals surface area contributed by atoms with E-state index in [1.165, 1.54) is 12.0 Å². The predicted molar refractivity (Wildman–Crippen MR) is 308 cm³/mol. The molecule has 3 aliphatic heterocycles. The lowest BCUT2D eigenvalue weighted by Gasteiger charge is -2.78. The number of rotatable bonds is 11. The lowest BCUT2D eigenvalue weighted by molar-refractivity contribution is -0.300. The Kier molecular flexibility index (Phi) is 13.2. The second kappa shape index (κ2) is 19.0. The first-order valence-electron chi connectivity index (χ1n) is 31.7. The molecule has 8 fully saturated rings. The number of fused-ring (bicyclic) bond motifs is 6. The van der Waals surface area contributed by atoms with Gasteiger partial charge in [-0.25, -0.2) is 0 Å². The van der Waals surface area contributed by atoms with Crippen molar-refractivity contribution in [2.45, 2.75) is 237 Å². The summed E-state index contributed by atoms with van der Waals surface area (Å²) in [5.41, 5.74) is 2.93. The van der Waals surface area contributed by atoms with Crippen LogP contribution < -0.4 is 5.32 Å². The average molecular weight is 1100 g/mol. The third kappa shape index (κ3) is 7.85. The second-order valence-electron chi connectivity index (χ2n) is 30.5. The zero-order valence-corrected chi connectivity index (χ0v) is 49.6. The standard InChI is InChI=1S/C68H95N3O9/c1-60(2)58(80-60)50(75)32-61(3)20-16-41-35-70-54-46(48(38-72)43-28-42(40-14-10-9-11-15-40)29-44(30-43)68(78)23-26-79-27-24-68)36-71(55(41)54)37-47-52-53(61)49(74)33-63(52,5)64(6)39-66(18-12-13-19-66)59-62(4,22-25-69-8)51(76)34-67(21-17-45(73)31-67)65(59,7)57(64)56(47)77/h28-30,35-36,38,40,45,47-48,50,56-59,69-70,73,75,77-78H,9-27,31-34,37,39H2,1-8H3/t45-,47+,48-,50-,56-,57+,58-,59+,61+,62-,63+,64+,65+,67-/m1/s1. The maximum absolute atomic E-state index is 16.1. The monoisotopic (exact) mass is 1100 g/mol. The number of ketones is 2. The molecule has 7 aliphatic carbocycles. The fraction of sp³-hybridized carbons (Fsp3) is 0.750. The quantitative estimate of drug-likeness (QED) is 0.0797. The number of carbonyl (C=O) groups is 3. The summed E-state index contributed by atoms with van der Waals surface area (Å²) < 4.78 is 14.3. The van der Waals surface area contributed by atoms with Crippen molar-refractivity contribution in [2.75, 3.05) is 26.8 Å². The number of nitrogens with zero attached hydrogens (tertiary/aromatic N) is 1. The van der Waals surface area contributed by atoms with Gasteiger partial charge in [0, 0.05) is 85.7 Å². The molecule has 3 aromatic rings. The van der Waals surface area contributed by atoms with Crippen molar-refractivity contribution < 1.29 is 44.3 Å². The SMILES string of the molecule is CNCC[C@]1(C)C(=O)C[C@]2(CC[C@@H](O)C2)[C@@]2(C)[C@H]3[C@H](O)[C@H]4Cn5cc([C@H](C=O)c6cc(C7CCCCC7)cc(C7(O)CCOCC7)c6)c6[nH]cc(c65)CC[C@@](C)(C[C@@H](O)[C@H]5OC5(C)C)C5=C4[C@](C)(CC5=O)[C@@]3(C)CC3(CCCC3)[C@H]21. The number of Topliss-reactive ketones (excluding diaryl/α,β-unsaturated/α-hetero) is 2. The van der Waals surface area contributed by atoms with Gasteiger partial charge < -0.3 is 49.6 Å². The van der Waals surface area contributed by atoms with Gasteiger partial charge in [0.25, 0.3) is 0 Å². The van der Waals surface area contributed by atoms with Crippen LogP contribution in [-0.2, 0) is 42.4 Å². The van der Waals surface area contributed by atoms with Gasteiger partial charge in [0.2, 0.25) is 0 Å². The molecule has 80 heavy (non-hydrogen) atoms. The minimum atomic E-state index is -1.07. The van der Waals surface area contributed by atoms with E-state index in [1.54, 1.807) is 0 Å². The van der Waals surface area contributed by atoms with Crippen molar-refractivity contribution in [1.82, 2.24) is 14.9 Å². The molecule has 10 aliphatic rings. The molecule has 12 nitrogen and oxygen atoms in total. The summed E-state index contributed by atoms with van der Waals surface area (Å²) in [6.45, 7) is 17.9. The van der Waals surface area contributed by atoms with Crippen molar-refractivity contribution in [1.29, 1.82) is 0 Å². The lowest BCUT2D eigenvalue weighted by Crippen LogP contribution is -2.76. The highest BCUT2D eigenvalue weighted by Gasteiger charge is 2.81. The van der Waals surface area contributed by atoms with Gasteiger partial charge in [0.1, 0.15) is 18.2 Å². The first kappa shape index (κ1) is 55.7. The van der Waals surface area contributed by atoms with Crippen LogP contribution in [0.4, 0.5) is 0 Å². The number of epoxide rings is 1. The number of aliphatic hydroxyl groups excluding tert-OH is 3. The van der Waals surface area contributed by atoms with Crippen molar-refractivity contribution in [2.24, 2.45) is 55.7 Å². The smallest absolute Gasteiger partial charge is 0.160 e. The molecule has 0 unspecified atom stereocenters. The summed E-state index contributed by atoms with van der Waals surface area (Å²) in [6.07, 6.45) is 19.2. The van der Waals surface area contributed by atoms with Gasteiger partial charge in [0.05, 0.1) is 46.5 Å². The Labute approximate surface area is 475 Å². The van der Waals surface area contributed by atoms with Crippen LogP contribution in [-0.4, -0.2) is 105 Å². The van der Waals surface area contributed by atoms with E-state index in [4.69, 9.17) is 9.47 Å². The first-order chi connectivity index (χ1) is 38.0. The molecule has 6 saturated carbocycles. The van der Waals surface area contributed by atoms with E-state index in [0.717, 1.165) is 115 Å². The second-order valence-corrected chi connectivity index (χ2v) is 30.5. The van der Waals surface area contributed by atoms with Crippen LogP contribution in [0.25, 0.3) is 11.0 Å². The first-order valence-corrected chi connectivity index (χ1v) is 31.7. The molecule has 0 bridgehead atoms. The highest BCUT2D eigenvalue weighted by atomic mass is 16.6. The molecular formula is C68H95N3O9. The number of aryl methyl sites for hydroxylation is 1. The predicted octanol–water partition coefficient (Wildman–Crippen LogP) is 10.8. The van der Waals surface area contributed by atoms with E-state index in [1.807, 2.05) is 20.9 Å². The molecule has 436 valence electrons. The molecule has 0 radical (unpaired) electrons. The molecule has 0 amide bonds. The van der Waals surface area contributed by atoms with Crippen LogP contribution in [0.5, 0.6) is 0 Å². The number of H-pyrrole nitrogens is 1. The third-order valence-corrected chi connectivity index (χ3v) is 25.9. The topological polar surface area (TPSA) is 187 Å². The van der Waals surface area contributed by atoms with Crippen LogP contribution in [0.15, 0.2) is 41.7 Å². The Bertz CT molecular complexity index is 3010. The molecule has 13 rings (SSSR count). The van der Waals surface area contributed by atoms with Crippen LogP contribution in [0, 0.1) is 55.7 Å². The Morgan fingerprint density at radius 1 is 0.900 bits per heavy atom. The summed E-state index contributed by atoms with van der Waals surface area (Å²) >= 11 is 0. The molecular weight excluding hydrogens is 1000 g/mol. The maximum Gasteiger partial charge on any atom is 0.160 e. The number of aliphatic hydroxyl groups is 4. The number of ether oxygens (including phenoxy) is 2. The van der Waals surface area contributed by atoms with Crippen LogP contribution >= 0.6 is 0 Å². The number of aldehydes is 1. The van der Waals surface area contributed by atoms with E-state index in [2.05, 4.69) is 80.1 Å². The number of allylic oxidation sites excluding steroid dienone is 1. The van der Waals surface area contributed by atoms with E-state index in [0.29, 0.717) is 102 Å². The van der Waals surface area contributed by atoms with Gasteiger partial charge in [-0.15, -0.1) is 0 Å². The molecule has 12 heteroatoms. The van der Waals surface area contributed by atoms with Crippen molar-refractivity contribution in [3.8, 4) is 0 Å². The Morgan fingerprint density at radius 3 is 2.29 bits per heavy atom. The zero-order chi connectivity index (χ0) is 56.4. The summed E-state index contributed by atoms with van der Waals surface area (Å²) in [4.78, 5) is 49.5. The summed E-state index contributed by atoms with van der Waals surface area (Å²) in [5.74, 6) is -0.800. The summed E-state index contributed by atoms with van der Waals surface area (Å²) in [6, 6.07) is 6.55. The molecule has 2 aromatic heterocycles. The Balaban J connectivity index is 1.02. The number of benzene rings is 1. The van der Waals surface area contributed by atoms with Crippen LogP contribution in [0.3, 0.4) is 0 Å². The molecule has 6 N–H and O–H groups in total. The minimum absolute atomic E-state index is 0.0480.